The van der Waals surface area contributed by atoms with E-state index in [0.717, 1.165) is 63.1 Å². The number of hydrogen-bond acceptors (Lipinski definition) is 5. The molecular formula is C21H30N4O3. The number of nitrogens with zero attached hydrogens (tertiary/aromatic N) is 4. The molecule has 152 valence electrons. The molecule has 28 heavy (non-hydrogen) atoms. The van der Waals surface area contributed by atoms with Gasteiger partial charge in [-0.3, -0.25) is 19.6 Å². The van der Waals surface area contributed by atoms with Crippen molar-refractivity contribution < 1.29 is 14.3 Å². The van der Waals surface area contributed by atoms with Crippen LogP contribution in [0, 0.1) is 12.3 Å². The monoisotopic (exact) mass is 386 g/mol. The first-order valence-electron chi connectivity index (χ1n) is 10.4. The van der Waals surface area contributed by atoms with Crippen LogP contribution in [0.5, 0.6) is 0 Å². The van der Waals surface area contributed by atoms with Crippen LogP contribution in [0.3, 0.4) is 0 Å². The van der Waals surface area contributed by atoms with Crippen LogP contribution in [0.1, 0.15) is 56.8 Å². The molecule has 3 aliphatic heterocycles. The molecule has 1 spiro atoms. The van der Waals surface area contributed by atoms with Crippen molar-refractivity contribution in [1.29, 1.82) is 0 Å². The third-order valence-electron chi connectivity index (χ3n) is 6.72. The zero-order chi connectivity index (χ0) is 19.8. The van der Waals surface area contributed by atoms with Crippen molar-refractivity contribution in [1.82, 2.24) is 19.8 Å². The first-order valence-corrected chi connectivity index (χ1v) is 10.4. The summed E-state index contributed by atoms with van der Waals surface area (Å²) in [6.07, 6.45) is 8.65. The van der Waals surface area contributed by atoms with Crippen LogP contribution in [0.25, 0.3) is 0 Å². The van der Waals surface area contributed by atoms with Gasteiger partial charge in [-0.2, -0.15) is 0 Å². The van der Waals surface area contributed by atoms with Gasteiger partial charge in [0, 0.05) is 38.9 Å². The molecule has 0 N–H and O–H groups in total. The number of amides is 2. The number of piperidine rings is 2. The van der Waals surface area contributed by atoms with E-state index in [2.05, 4.69) is 9.97 Å². The number of likely N-dealkylation sites (tertiary alicyclic amines) is 2. The highest BCUT2D eigenvalue weighted by molar-refractivity contribution is 5.85. The van der Waals surface area contributed by atoms with Gasteiger partial charge in [0.25, 0.3) is 5.91 Å². The minimum atomic E-state index is -0.636. The lowest BCUT2D eigenvalue weighted by molar-refractivity contribution is -0.155. The average Bonchev–Trinajstić information content (AvgIpc) is 3.15. The standard InChI is InChI=1S/C21H30N4O3/c1-16-12-23-17(13-22-16)14-25-15-21(6-4-18(25)26)7-9-24(10-8-21)19(27)20(2)5-3-11-28-20/h12-13H,3-11,14-15H2,1-2H3. The van der Waals surface area contributed by atoms with E-state index in [1.165, 1.54) is 0 Å². The topological polar surface area (TPSA) is 75.6 Å². The summed E-state index contributed by atoms with van der Waals surface area (Å²) in [7, 11) is 0. The van der Waals surface area contributed by atoms with E-state index >= 15 is 0 Å². The molecular weight excluding hydrogens is 356 g/mol. The summed E-state index contributed by atoms with van der Waals surface area (Å²) >= 11 is 0. The van der Waals surface area contributed by atoms with Crippen LogP contribution in [0.2, 0.25) is 0 Å². The number of carbonyl (C=O) groups excluding carboxylic acids is 2. The van der Waals surface area contributed by atoms with Crippen molar-refractivity contribution in [2.75, 3.05) is 26.2 Å². The third-order valence-corrected chi connectivity index (χ3v) is 6.72. The predicted molar refractivity (Wildman–Crippen MR) is 103 cm³/mol. The van der Waals surface area contributed by atoms with Gasteiger partial charge < -0.3 is 14.5 Å². The van der Waals surface area contributed by atoms with Gasteiger partial charge in [0.05, 0.1) is 24.1 Å². The summed E-state index contributed by atoms with van der Waals surface area (Å²) in [5.41, 5.74) is 1.18. The average molecular weight is 386 g/mol. The highest BCUT2D eigenvalue weighted by Crippen LogP contribution is 2.41. The molecule has 0 aromatic carbocycles. The Morgan fingerprint density at radius 3 is 2.61 bits per heavy atom. The lowest BCUT2D eigenvalue weighted by Gasteiger charge is -2.48. The molecule has 3 fully saturated rings. The summed E-state index contributed by atoms with van der Waals surface area (Å²) < 4.78 is 5.74. The van der Waals surface area contributed by atoms with Crippen molar-refractivity contribution >= 4 is 11.8 Å². The van der Waals surface area contributed by atoms with Gasteiger partial charge in [0.15, 0.2) is 0 Å². The molecule has 1 aromatic rings. The van der Waals surface area contributed by atoms with E-state index in [-0.39, 0.29) is 17.2 Å². The zero-order valence-corrected chi connectivity index (χ0v) is 16.9. The summed E-state index contributed by atoms with van der Waals surface area (Å²) in [5, 5.41) is 0. The Balaban J connectivity index is 1.38. The highest BCUT2D eigenvalue weighted by atomic mass is 16.5. The number of aromatic nitrogens is 2. The molecule has 0 radical (unpaired) electrons. The maximum Gasteiger partial charge on any atom is 0.254 e. The summed E-state index contributed by atoms with van der Waals surface area (Å²) in [6, 6.07) is 0. The summed E-state index contributed by atoms with van der Waals surface area (Å²) in [4.78, 5) is 38.0. The molecule has 3 aliphatic rings. The Kier molecular flexibility index (Phi) is 5.12. The van der Waals surface area contributed by atoms with Crippen molar-refractivity contribution in [3.05, 3.63) is 23.8 Å². The molecule has 1 aromatic heterocycles. The molecule has 1 atom stereocenters. The van der Waals surface area contributed by atoms with Crippen molar-refractivity contribution in [3.63, 3.8) is 0 Å². The van der Waals surface area contributed by atoms with Gasteiger partial charge >= 0.3 is 0 Å². The summed E-state index contributed by atoms with van der Waals surface area (Å²) in [6.45, 7) is 7.28. The predicted octanol–water partition coefficient (Wildman–Crippen LogP) is 2.09. The Bertz CT molecular complexity index is 735. The first kappa shape index (κ1) is 19.3. The lowest BCUT2D eigenvalue weighted by Crippen LogP contribution is -2.55. The fourth-order valence-corrected chi connectivity index (χ4v) is 4.82. The molecule has 1 unspecified atom stereocenters. The van der Waals surface area contributed by atoms with Gasteiger partial charge in [-0.05, 0) is 51.4 Å². The number of rotatable bonds is 3. The maximum absolute atomic E-state index is 12.9. The second-order valence-corrected chi connectivity index (χ2v) is 8.87. The second kappa shape index (κ2) is 7.43. The molecule has 7 nitrogen and oxygen atoms in total. The Hall–Kier alpha value is -2.02. The number of aryl methyl sites for hydroxylation is 1. The second-order valence-electron chi connectivity index (χ2n) is 8.87. The van der Waals surface area contributed by atoms with E-state index in [1.54, 1.807) is 12.4 Å². The fraction of sp³-hybridized carbons (Fsp3) is 0.714. The number of hydrogen-bond donors (Lipinski definition) is 0. The lowest BCUT2D eigenvalue weighted by atomic mass is 9.72. The highest BCUT2D eigenvalue weighted by Gasteiger charge is 2.45. The van der Waals surface area contributed by atoms with Crippen LogP contribution < -0.4 is 0 Å². The molecule has 4 rings (SSSR count). The molecule has 3 saturated heterocycles. The van der Waals surface area contributed by atoms with Gasteiger partial charge in [0.1, 0.15) is 5.60 Å². The third kappa shape index (κ3) is 3.77. The van der Waals surface area contributed by atoms with E-state index in [4.69, 9.17) is 4.74 Å². The largest absolute Gasteiger partial charge is 0.365 e. The van der Waals surface area contributed by atoms with Crippen molar-refractivity contribution in [2.24, 2.45) is 5.41 Å². The SMILES string of the molecule is Cc1cnc(CN2CC3(CCC2=O)CCN(C(=O)C2(C)CCCO2)CC3)cn1. The Morgan fingerprint density at radius 1 is 1.18 bits per heavy atom. The van der Waals surface area contributed by atoms with Crippen LogP contribution in [0.15, 0.2) is 12.4 Å². The molecule has 0 saturated carbocycles. The zero-order valence-electron chi connectivity index (χ0n) is 16.9. The molecule has 0 aliphatic carbocycles. The Morgan fingerprint density at radius 2 is 1.96 bits per heavy atom. The van der Waals surface area contributed by atoms with Crippen LogP contribution in [0.4, 0.5) is 0 Å². The van der Waals surface area contributed by atoms with Gasteiger partial charge in [-0.25, -0.2) is 0 Å². The minimum Gasteiger partial charge on any atom is -0.365 e. The van der Waals surface area contributed by atoms with Gasteiger partial charge in [0.2, 0.25) is 5.91 Å². The van der Waals surface area contributed by atoms with Gasteiger partial charge in [-0.15, -0.1) is 0 Å². The van der Waals surface area contributed by atoms with E-state index in [0.29, 0.717) is 19.6 Å². The van der Waals surface area contributed by atoms with E-state index in [1.807, 2.05) is 23.6 Å². The minimum absolute atomic E-state index is 0.111. The van der Waals surface area contributed by atoms with E-state index < -0.39 is 5.60 Å². The van der Waals surface area contributed by atoms with Crippen LogP contribution >= 0.6 is 0 Å². The fourth-order valence-electron chi connectivity index (χ4n) is 4.82. The number of carbonyl (C=O) groups is 2. The smallest absolute Gasteiger partial charge is 0.254 e. The van der Waals surface area contributed by atoms with Crippen molar-refractivity contribution in [2.45, 2.75) is 64.5 Å². The number of ether oxygens (including phenoxy) is 1. The molecule has 2 amide bonds. The quantitative estimate of drug-likeness (QED) is 0.795. The van der Waals surface area contributed by atoms with Crippen molar-refractivity contribution in [3.8, 4) is 0 Å². The molecule has 7 heteroatoms. The Labute approximate surface area is 166 Å². The summed E-state index contributed by atoms with van der Waals surface area (Å²) in [5.74, 6) is 0.330. The molecule has 0 bridgehead atoms. The molecule has 4 heterocycles. The normalized spacial score (nSPS) is 27.4. The first-order chi connectivity index (χ1) is 13.4. The van der Waals surface area contributed by atoms with Gasteiger partial charge in [-0.1, -0.05) is 0 Å². The maximum atomic E-state index is 12.9. The van der Waals surface area contributed by atoms with E-state index in [9.17, 15) is 9.59 Å². The van der Waals surface area contributed by atoms with Crippen LogP contribution in [-0.2, 0) is 20.9 Å². The van der Waals surface area contributed by atoms with Crippen LogP contribution in [-0.4, -0.2) is 63.4 Å².